The lowest BCUT2D eigenvalue weighted by molar-refractivity contribution is -0.142. The van der Waals surface area contributed by atoms with Crippen molar-refractivity contribution in [1.82, 2.24) is 0 Å². The summed E-state index contributed by atoms with van der Waals surface area (Å²) in [6.07, 6.45) is 2.92. The van der Waals surface area contributed by atoms with Crippen LogP contribution in [-0.2, 0) is 4.79 Å². The van der Waals surface area contributed by atoms with E-state index in [9.17, 15) is 9.90 Å². The van der Waals surface area contributed by atoms with E-state index < -0.39 is 0 Å². The molecule has 0 saturated heterocycles. The second kappa shape index (κ2) is 4.24. The van der Waals surface area contributed by atoms with Gasteiger partial charge in [-0.1, -0.05) is 26.0 Å². The van der Waals surface area contributed by atoms with Crippen LogP contribution in [0.1, 0.15) is 46.5 Å². The van der Waals surface area contributed by atoms with E-state index in [1.807, 2.05) is 6.92 Å². The number of carbonyl (C=O) groups excluding carboxylic acids is 1. The molecule has 0 aromatic carbocycles. The van der Waals surface area contributed by atoms with Crippen LogP contribution in [0.4, 0.5) is 0 Å². The van der Waals surface area contributed by atoms with Crippen LogP contribution in [-0.4, -0.2) is 17.0 Å². The van der Waals surface area contributed by atoms with Gasteiger partial charge < -0.3 is 5.11 Å². The molecule has 0 radical (unpaired) electrons. The Kier molecular flexibility index (Phi) is 3.19. The number of hydrogen-bond donors (Lipinski definition) is 1. The van der Waals surface area contributed by atoms with E-state index in [4.69, 9.17) is 0 Å². The number of aliphatic hydroxyl groups is 1. The van der Waals surface area contributed by atoms with Gasteiger partial charge in [0.15, 0.2) is 0 Å². The Hall–Kier alpha value is -0.630. The SMILES string of the molecule is C=C(C)[C@@H]1CC(=O)[C@H]2C[C@@H](O)C[C@@H](C)[C@]2(C)C1. The zero-order valence-corrected chi connectivity index (χ0v) is 11.2. The van der Waals surface area contributed by atoms with Crippen molar-refractivity contribution >= 4 is 5.78 Å². The molecule has 2 saturated carbocycles. The van der Waals surface area contributed by atoms with Gasteiger partial charge in [-0.15, -0.1) is 0 Å². The van der Waals surface area contributed by atoms with Gasteiger partial charge in [-0.2, -0.15) is 0 Å². The van der Waals surface area contributed by atoms with E-state index in [0.29, 0.717) is 30.5 Å². The largest absolute Gasteiger partial charge is 0.393 e. The first-order chi connectivity index (χ1) is 7.84. The number of rotatable bonds is 1. The molecule has 2 heteroatoms. The Morgan fingerprint density at radius 3 is 2.71 bits per heavy atom. The fourth-order valence-electron chi connectivity index (χ4n) is 3.84. The van der Waals surface area contributed by atoms with Crippen LogP contribution in [0.2, 0.25) is 0 Å². The van der Waals surface area contributed by atoms with Crippen LogP contribution < -0.4 is 0 Å². The van der Waals surface area contributed by atoms with Crippen molar-refractivity contribution in [3.63, 3.8) is 0 Å². The van der Waals surface area contributed by atoms with Crippen LogP contribution in [0.3, 0.4) is 0 Å². The lowest BCUT2D eigenvalue weighted by Crippen LogP contribution is -2.50. The Bertz CT molecular complexity index is 347. The molecule has 2 fully saturated rings. The summed E-state index contributed by atoms with van der Waals surface area (Å²) < 4.78 is 0. The number of hydrogen-bond acceptors (Lipinski definition) is 2. The molecule has 2 rings (SSSR count). The molecule has 2 nitrogen and oxygen atoms in total. The van der Waals surface area contributed by atoms with E-state index >= 15 is 0 Å². The Labute approximate surface area is 104 Å². The number of Topliss-reactive ketones (excluding diaryl/α,β-unsaturated/α-hetero) is 1. The molecule has 0 heterocycles. The third-order valence-electron chi connectivity index (χ3n) is 5.27. The maximum Gasteiger partial charge on any atom is 0.137 e. The molecule has 0 aromatic heterocycles. The molecule has 5 atom stereocenters. The number of carbonyl (C=O) groups is 1. The van der Waals surface area contributed by atoms with Gasteiger partial charge in [0.25, 0.3) is 0 Å². The highest BCUT2D eigenvalue weighted by atomic mass is 16.3. The molecule has 0 unspecified atom stereocenters. The van der Waals surface area contributed by atoms with Crippen molar-refractivity contribution in [2.75, 3.05) is 0 Å². The van der Waals surface area contributed by atoms with E-state index in [2.05, 4.69) is 20.4 Å². The van der Waals surface area contributed by atoms with Crippen molar-refractivity contribution in [1.29, 1.82) is 0 Å². The minimum atomic E-state index is -0.284. The van der Waals surface area contributed by atoms with E-state index in [-0.39, 0.29) is 17.4 Å². The van der Waals surface area contributed by atoms with Crippen molar-refractivity contribution in [2.45, 2.75) is 52.6 Å². The fourth-order valence-corrected chi connectivity index (χ4v) is 3.84. The molecule has 2 aliphatic carbocycles. The maximum absolute atomic E-state index is 12.3. The summed E-state index contributed by atoms with van der Waals surface area (Å²) in [7, 11) is 0. The quantitative estimate of drug-likeness (QED) is 0.711. The van der Waals surface area contributed by atoms with Crippen molar-refractivity contribution in [3.8, 4) is 0 Å². The van der Waals surface area contributed by atoms with Crippen LogP contribution in [0.5, 0.6) is 0 Å². The normalized spacial score (nSPS) is 46.5. The molecule has 1 N–H and O–H groups in total. The maximum atomic E-state index is 12.3. The first kappa shape index (κ1) is 12.8. The number of fused-ring (bicyclic) bond motifs is 1. The predicted molar refractivity (Wildman–Crippen MR) is 68.5 cm³/mol. The molecule has 0 aliphatic heterocycles. The summed E-state index contributed by atoms with van der Waals surface area (Å²) in [6.45, 7) is 10.5. The van der Waals surface area contributed by atoms with Gasteiger partial charge in [0, 0.05) is 12.3 Å². The molecule has 0 spiro atoms. The summed E-state index contributed by atoms with van der Waals surface area (Å²) in [4.78, 5) is 12.3. The topological polar surface area (TPSA) is 37.3 Å². The predicted octanol–water partition coefficient (Wildman–Crippen LogP) is 2.95. The third-order valence-corrected chi connectivity index (χ3v) is 5.27. The second-order valence-electron chi connectivity index (χ2n) is 6.50. The highest BCUT2D eigenvalue weighted by molar-refractivity contribution is 5.83. The summed E-state index contributed by atoms with van der Waals surface area (Å²) in [6, 6.07) is 0. The lowest BCUT2D eigenvalue weighted by Gasteiger charge is -2.52. The minimum Gasteiger partial charge on any atom is -0.393 e. The summed E-state index contributed by atoms with van der Waals surface area (Å²) in [5, 5.41) is 9.86. The molecular weight excluding hydrogens is 212 g/mol. The average Bonchev–Trinajstić information content (AvgIpc) is 2.21. The fraction of sp³-hybridized carbons (Fsp3) is 0.800. The molecule has 2 aliphatic rings. The summed E-state index contributed by atoms with van der Waals surface area (Å²) in [5.74, 6) is 1.18. The van der Waals surface area contributed by atoms with Crippen LogP contribution in [0, 0.1) is 23.2 Å². The Morgan fingerprint density at radius 1 is 1.47 bits per heavy atom. The Balaban J connectivity index is 2.28. The highest BCUT2D eigenvalue weighted by Gasteiger charge is 2.51. The standard InChI is InChI=1S/C15H24O2/c1-9(2)11-6-14(17)13-7-12(16)5-10(3)15(13,4)8-11/h10-13,16H,1,5-8H2,2-4H3/t10-,11-,12+,13-,15+/m1/s1. The second-order valence-corrected chi connectivity index (χ2v) is 6.50. The zero-order valence-electron chi connectivity index (χ0n) is 11.2. The first-order valence-corrected chi connectivity index (χ1v) is 6.70. The average molecular weight is 236 g/mol. The van der Waals surface area contributed by atoms with Gasteiger partial charge in [-0.3, -0.25) is 4.79 Å². The number of allylic oxidation sites excluding steroid dienone is 1. The Morgan fingerprint density at radius 2 is 2.12 bits per heavy atom. The highest BCUT2D eigenvalue weighted by Crippen LogP contribution is 2.54. The first-order valence-electron chi connectivity index (χ1n) is 6.70. The summed E-state index contributed by atoms with van der Waals surface area (Å²) >= 11 is 0. The van der Waals surface area contributed by atoms with Crippen molar-refractivity contribution in [2.24, 2.45) is 23.2 Å². The smallest absolute Gasteiger partial charge is 0.137 e. The van der Waals surface area contributed by atoms with Crippen molar-refractivity contribution in [3.05, 3.63) is 12.2 Å². The lowest BCUT2D eigenvalue weighted by atomic mass is 9.52. The zero-order chi connectivity index (χ0) is 12.8. The van der Waals surface area contributed by atoms with E-state index in [0.717, 1.165) is 18.4 Å². The molecule has 0 bridgehead atoms. The van der Waals surface area contributed by atoms with Gasteiger partial charge in [0.05, 0.1) is 6.10 Å². The van der Waals surface area contributed by atoms with Gasteiger partial charge in [0.1, 0.15) is 5.78 Å². The van der Waals surface area contributed by atoms with Crippen LogP contribution in [0.15, 0.2) is 12.2 Å². The van der Waals surface area contributed by atoms with Gasteiger partial charge in [0.2, 0.25) is 0 Å². The monoisotopic (exact) mass is 236 g/mol. The third kappa shape index (κ3) is 2.08. The van der Waals surface area contributed by atoms with Crippen LogP contribution in [0.25, 0.3) is 0 Å². The minimum absolute atomic E-state index is 0.0665. The van der Waals surface area contributed by atoms with Gasteiger partial charge in [-0.25, -0.2) is 0 Å². The van der Waals surface area contributed by atoms with Crippen LogP contribution >= 0.6 is 0 Å². The van der Waals surface area contributed by atoms with Gasteiger partial charge in [-0.05, 0) is 43.4 Å². The molecular formula is C15H24O2. The van der Waals surface area contributed by atoms with E-state index in [1.165, 1.54) is 0 Å². The molecule has 96 valence electrons. The van der Waals surface area contributed by atoms with Gasteiger partial charge >= 0.3 is 0 Å². The molecule has 0 aromatic rings. The molecule has 17 heavy (non-hydrogen) atoms. The van der Waals surface area contributed by atoms with Crippen molar-refractivity contribution < 1.29 is 9.90 Å². The molecule has 0 amide bonds. The summed E-state index contributed by atoms with van der Waals surface area (Å²) in [5.41, 5.74) is 1.20. The number of aliphatic hydroxyl groups excluding tert-OH is 1. The van der Waals surface area contributed by atoms with E-state index in [1.54, 1.807) is 0 Å². The number of ketones is 1.